The third-order valence-electron chi connectivity index (χ3n) is 14.7. The van der Waals surface area contributed by atoms with Gasteiger partial charge in [-0.15, -0.1) is 7.77 Å². The first kappa shape index (κ1) is 77.1. The summed E-state index contributed by atoms with van der Waals surface area (Å²) in [5, 5.41) is 0. The number of esters is 4. The average Bonchev–Trinajstić information content (AvgIpc) is 1.59. The summed E-state index contributed by atoms with van der Waals surface area (Å²) >= 11 is 0. The third kappa shape index (κ3) is 22.0. The monoisotopic (exact) mass is 1410 g/mol. The molecule has 10 unspecified atom stereocenters. The van der Waals surface area contributed by atoms with Gasteiger partial charge in [0.05, 0.1) is 58.4 Å². The van der Waals surface area contributed by atoms with Crippen LogP contribution in [-0.4, -0.2) is 138 Å². The molecule has 12 rings (SSSR count). The number of alkyl halides is 2. The first-order chi connectivity index (χ1) is 44.8. The molecule has 6 fully saturated rings. The average molecular weight is 1410 g/mol. The van der Waals surface area contributed by atoms with Crippen LogP contribution >= 0.6 is 0 Å². The van der Waals surface area contributed by atoms with Gasteiger partial charge in [0.1, 0.15) is 50.1 Å². The maximum Gasteiger partial charge on any atom is 1.00 e. The van der Waals surface area contributed by atoms with E-state index in [2.05, 4.69) is 186 Å². The van der Waals surface area contributed by atoms with Crippen LogP contribution in [0.15, 0.2) is 201 Å². The molecule has 0 saturated carbocycles. The van der Waals surface area contributed by atoms with Crippen molar-refractivity contribution in [1.29, 1.82) is 0 Å². The molecular weight excluding hydrogens is 1340 g/mol. The molecule has 95 heavy (non-hydrogen) atoms. The summed E-state index contributed by atoms with van der Waals surface area (Å²) in [6.07, 6.45) is 0.345. The van der Waals surface area contributed by atoms with Crippen molar-refractivity contribution >= 4 is 66.7 Å². The molecule has 10 atom stereocenters. The van der Waals surface area contributed by atoms with Crippen molar-refractivity contribution in [2.45, 2.75) is 119 Å². The molecule has 6 heterocycles. The van der Waals surface area contributed by atoms with Crippen molar-refractivity contribution < 1.29 is 139 Å². The van der Waals surface area contributed by atoms with E-state index >= 15 is 0 Å². The van der Waals surface area contributed by atoms with E-state index in [1.54, 1.807) is 0 Å². The third-order valence-corrected chi connectivity index (χ3v) is 19.1. The minimum absolute atomic E-state index is 0. The molecular formula is C66H68F4NaO20S4+. The maximum atomic E-state index is 12.0. The summed E-state index contributed by atoms with van der Waals surface area (Å²) in [7, 11) is -11.1. The fourth-order valence-corrected chi connectivity index (χ4v) is 15.8. The summed E-state index contributed by atoms with van der Waals surface area (Å²) in [5.74, 6) is -1.03. The largest absolute Gasteiger partial charge is 1.00 e. The number of hydrogen-bond acceptors (Lipinski definition) is 20. The quantitative estimate of drug-likeness (QED) is 0.00867. The Morgan fingerprint density at radius 3 is 1.03 bits per heavy atom. The smallest absolute Gasteiger partial charge is 0.722 e. The Bertz CT molecular complexity index is 3390. The molecule has 29 heteroatoms. The second-order valence-corrected chi connectivity index (χ2v) is 26.8. The van der Waals surface area contributed by atoms with Crippen molar-refractivity contribution in [2.24, 2.45) is 11.8 Å². The molecule has 20 nitrogen and oxygen atoms in total. The minimum atomic E-state index is -5.42. The predicted molar refractivity (Wildman–Crippen MR) is 332 cm³/mol. The van der Waals surface area contributed by atoms with Crippen molar-refractivity contribution in [3.8, 4) is 11.5 Å². The Morgan fingerprint density at radius 2 is 0.779 bits per heavy atom. The van der Waals surface area contributed by atoms with E-state index in [9.17, 15) is 35.7 Å². The summed E-state index contributed by atoms with van der Waals surface area (Å²) in [6, 6.07) is 51.8. The number of hydrogen-bond donors (Lipinski definition) is 0. The van der Waals surface area contributed by atoms with Gasteiger partial charge in [-0.2, -0.15) is 0 Å². The van der Waals surface area contributed by atoms with Crippen LogP contribution in [0.5, 0.6) is 11.5 Å². The van der Waals surface area contributed by atoms with Gasteiger partial charge in [-0.05, 0) is 111 Å². The topological polar surface area (TPSA) is 275 Å². The summed E-state index contributed by atoms with van der Waals surface area (Å²) < 4.78 is 147. The molecule has 0 radical (unpaired) electrons. The number of carbonyl (C=O) groups is 4. The van der Waals surface area contributed by atoms with E-state index < -0.39 is 70.7 Å². The number of aryl methyl sites for hydroxylation is 4. The molecule has 6 aromatic rings. The molecule has 0 N–H and O–H groups in total. The summed E-state index contributed by atoms with van der Waals surface area (Å²) in [4.78, 5) is 52.0. The van der Waals surface area contributed by atoms with E-state index in [0.29, 0.717) is 39.3 Å². The van der Waals surface area contributed by atoms with Crippen LogP contribution in [0, 0.1) is 39.5 Å². The second-order valence-electron chi connectivity index (χ2n) is 21.1. The maximum absolute atomic E-state index is 12.0. The standard InChI is InChI=1S/2C24H25O2S.2C9H9FO5.2FHO3S.Na/c2*1-4-25-15-16-26-24-19(2)17-23(18-20(24)3)27(21-11-7-5-8-12-21)22-13-9-6-10-14-22;2*10-2-5(11)14-7-4-1-3-6(13-4)8(7)15-9(3)12;2*1-5(2,3)4;/h2*4-14,17-18H,1,15-16H2,2-3H3;2*3-4,6-8H,1-2H2;2*(H,2,3,4);/q2*+1;;;;;+1/p-2. The zero-order chi connectivity index (χ0) is 68.3. The normalized spacial score (nSPS) is 21.7. The fourth-order valence-electron chi connectivity index (χ4n) is 11.2. The van der Waals surface area contributed by atoms with Crippen molar-refractivity contribution in [1.82, 2.24) is 0 Å². The molecule has 4 bridgehead atoms. The van der Waals surface area contributed by atoms with Gasteiger partial charge in [0.2, 0.25) is 0 Å². The van der Waals surface area contributed by atoms with Crippen LogP contribution in [0.25, 0.3) is 0 Å². The van der Waals surface area contributed by atoms with E-state index in [4.69, 9.17) is 73.3 Å². The SMILES string of the molecule is C=COCCOc1c(C)cc([S+](c2ccccc2)c2ccccc2)cc1C.C=COCCOc1c(C)cc([S+](c2ccccc2)c2ccccc2)cc1C.O=C(CF)OC1C2CC3C(=O)OC1C3O2.O=C(CF)OC1C2CC3C(=O)OC1C3O2.O=S(=O)([O-])F.O=S(=O)([O-])F.[Na+]. The number of rotatable bonds is 20. The van der Waals surface area contributed by atoms with Crippen LogP contribution in [0.1, 0.15) is 35.1 Å². The van der Waals surface area contributed by atoms with Crippen molar-refractivity contribution in [3.05, 3.63) is 194 Å². The number of halogens is 4. The summed E-state index contributed by atoms with van der Waals surface area (Å²) in [6.45, 7) is 15.2. The molecule has 0 amide bonds. The van der Waals surface area contributed by atoms with Crippen LogP contribution < -0.4 is 39.0 Å². The minimum Gasteiger partial charge on any atom is -0.722 e. The molecule has 0 aromatic heterocycles. The molecule has 0 aliphatic carbocycles. The van der Waals surface area contributed by atoms with Crippen LogP contribution in [-0.2, 0) is 99.9 Å². The number of carbonyl (C=O) groups excluding carboxylic acids is 4. The van der Waals surface area contributed by atoms with Gasteiger partial charge in [0.25, 0.3) is 21.0 Å². The molecule has 6 aromatic carbocycles. The van der Waals surface area contributed by atoms with Gasteiger partial charge < -0.3 is 56.5 Å². The van der Waals surface area contributed by atoms with Gasteiger partial charge in [0.15, 0.2) is 67.1 Å². The van der Waals surface area contributed by atoms with E-state index in [1.807, 2.05) is 0 Å². The van der Waals surface area contributed by atoms with Gasteiger partial charge in [-0.1, -0.05) is 86.0 Å². The van der Waals surface area contributed by atoms with E-state index in [0.717, 1.165) is 33.8 Å². The van der Waals surface area contributed by atoms with Crippen molar-refractivity contribution in [2.75, 3.05) is 39.8 Å². The number of ether oxygens (including phenoxy) is 10. The van der Waals surface area contributed by atoms with Gasteiger partial charge in [0, 0.05) is 24.3 Å². The zero-order valence-corrected chi connectivity index (χ0v) is 57.4. The number of fused-ring (bicyclic) bond motifs is 2. The Hall–Kier alpha value is -6.96. The fraction of sp³-hybridized carbons (Fsp3) is 0.333. The molecule has 6 aliphatic heterocycles. The van der Waals surface area contributed by atoms with Gasteiger partial charge >= 0.3 is 53.4 Å². The van der Waals surface area contributed by atoms with Gasteiger partial charge in [-0.3, -0.25) is 9.59 Å². The van der Waals surface area contributed by atoms with Crippen molar-refractivity contribution in [3.63, 3.8) is 0 Å². The zero-order valence-electron chi connectivity index (χ0n) is 52.2. The second kappa shape index (κ2) is 36.4. The molecule has 6 saturated heterocycles. The van der Waals surface area contributed by atoms with Crippen LogP contribution in [0.3, 0.4) is 0 Å². The Kier molecular flexibility index (Phi) is 29.5. The number of benzene rings is 6. The van der Waals surface area contributed by atoms with E-state index in [1.165, 1.54) is 41.9 Å². The first-order valence-corrected chi connectivity index (χ1v) is 34.0. The predicted octanol–water partition coefficient (Wildman–Crippen LogP) is 6.87. The van der Waals surface area contributed by atoms with Crippen LogP contribution in [0.4, 0.5) is 16.6 Å². The van der Waals surface area contributed by atoms with Crippen LogP contribution in [0.2, 0.25) is 0 Å². The Morgan fingerprint density at radius 1 is 0.505 bits per heavy atom. The Labute approximate surface area is 576 Å². The molecule has 6 aliphatic rings. The first-order valence-electron chi connectivity index (χ1n) is 29.0. The molecule has 0 spiro atoms. The van der Waals surface area contributed by atoms with E-state index in [-0.39, 0.29) is 99.5 Å². The molecule has 504 valence electrons. The van der Waals surface area contributed by atoms with Gasteiger partial charge in [-0.25, -0.2) is 35.2 Å². The Balaban J connectivity index is 0.000000195. The summed E-state index contributed by atoms with van der Waals surface area (Å²) in [5.41, 5.74) is 4.59.